The lowest BCUT2D eigenvalue weighted by molar-refractivity contribution is -0.137. The molecule has 1 aromatic heterocycles. The molecule has 9 nitrogen and oxygen atoms in total. The molecule has 1 fully saturated rings. The number of fused-ring (bicyclic) bond motifs is 2. The Morgan fingerprint density at radius 3 is 2.48 bits per heavy atom. The number of benzene rings is 3. The number of alkyl halides is 3. The Morgan fingerprint density at radius 1 is 1.00 bits per heavy atom. The van der Waals surface area contributed by atoms with Crippen LogP contribution in [0.1, 0.15) is 28.8 Å². The Labute approximate surface area is 272 Å². The number of hydrogen-bond acceptors (Lipinski definition) is 8. The predicted octanol–water partition coefficient (Wildman–Crippen LogP) is 6.32. The molecule has 3 atom stereocenters. The van der Waals surface area contributed by atoms with Crippen LogP contribution in [0.25, 0.3) is 0 Å². The molecule has 0 spiro atoms. The first-order valence-corrected chi connectivity index (χ1v) is 15.9. The lowest BCUT2D eigenvalue weighted by Gasteiger charge is -2.30. The van der Waals surface area contributed by atoms with Crippen LogP contribution in [0.15, 0.2) is 76.6 Å². The van der Waals surface area contributed by atoms with Crippen LogP contribution in [0.3, 0.4) is 0 Å². The van der Waals surface area contributed by atoms with E-state index in [4.69, 9.17) is 21.1 Å². The van der Waals surface area contributed by atoms with Crippen LogP contribution in [0, 0.1) is 5.92 Å². The number of carbonyl (C=O) groups excluding carboxylic acids is 3. The summed E-state index contributed by atoms with van der Waals surface area (Å²) in [5.41, 5.74) is 0.0126. The second-order valence-corrected chi connectivity index (χ2v) is 12.9. The fourth-order valence-corrected chi connectivity index (χ4v) is 8.08. The first-order valence-electron chi connectivity index (χ1n) is 13.8. The number of anilines is 2. The van der Waals surface area contributed by atoms with Gasteiger partial charge in [-0.25, -0.2) is 4.90 Å². The number of nitrogens with zero attached hydrogens (tertiary/aromatic N) is 1. The molecule has 4 aromatic rings. The summed E-state index contributed by atoms with van der Waals surface area (Å²) in [5, 5.41) is 2.53. The van der Waals surface area contributed by atoms with Gasteiger partial charge in [0.25, 0.3) is 5.91 Å². The van der Waals surface area contributed by atoms with Crippen LogP contribution in [-0.2, 0) is 20.6 Å². The molecule has 238 valence electrons. The number of nitrogens with one attached hydrogen (secondary N) is 2. The highest BCUT2D eigenvalue weighted by Crippen LogP contribution is 2.54. The first-order chi connectivity index (χ1) is 21.9. The maximum Gasteiger partial charge on any atom is 0.416 e. The standard InChI is InChI=1S/C31H23ClF3N3O6S2/c1-2-43-21-12-15(6-11-20(21)44-14-22(39)36-18-5-3-4-16(13-18)31(33,34)35)23-24-26(45-27-25(23)46-30(42)37-27)29(41)38(28(24)40)19-9-7-17(32)8-10-19/h3-13,23-24,26H,2,14H2,1H3,(H,36,39)(H,37,42)/t23-,24-,26+/m0/s1. The van der Waals surface area contributed by atoms with Gasteiger partial charge in [-0.1, -0.05) is 46.8 Å². The fraction of sp³-hybridized carbons (Fsp3) is 0.226. The minimum atomic E-state index is -4.57. The van der Waals surface area contributed by atoms with Gasteiger partial charge in [-0.2, -0.15) is 13.2 Å². The topological polar surface area (TPSA) is 118 Å². The van der Waals surface area contributed by atoms with E-state index in [1.807, 2.05) is 0 Å². The molecule has 46 heavy (non-hydrogen) atoms. The molecule has 0 unspecified atom stereocenters. The second-order valence-electron chi connectivity index (χ2n) is 10.3. The monoisotopic (exact) mass is 689 g/mol. The molecule has 3 amide bonds. The molecule has 3 aromatic carbocycles. The van der Waals surface area contributed by atoms with Crippen molar-refractivity contribution in [2.75, 3.05) is 23.4 Å². The average Bonchev–Trinajstić information content (AvgIpc) is 3.50. The van der Waals surface area contributed by atoms with Crippen molar-refractivity contribution in [3.8, 4) is 11.5 Å². The third-order valence-corrected chi connectivity index (χ3v) is 10.0. The number of aromatic nitrogens is 1. The largest absolute Gasteiger partial charge is 0.490 e. The number of halogens is 4. The maximum absolute atomic E-state index is 13.9. The van der Waals surface area contributed by atoms with E-state index >= 15 is 0 Å². The number of aromatic amines is 1. The number of hydrogen-bond donors (Lipinski definition) is 2. The number of imide groups is 1. The van der Waals surface area contributed by atoms with Gasteiger partial charge >= 0.3 is 11.0 Å². The van der Waals surface area contributed by atoms with Gasteiger partial charge in [0.15, 0.2) is 18.1 Å². The second kappa shape index (κ2) is 12.5. The number of ether oxygens (including phenoxy) is 2. The van der Waals surface area contributed by atoms with Crippen LogP contribution >= 0.6 is 34.7 Å². The summed E-state index contributed by atoms with van der Waals surface area (Å²) in [7, 11) is 0. The van der Waals surface area contributed by atoms with Gasteiger partial charge < -0.3 is 19.8 Å². The van der Waals surface area contributed by atoms with E-state index in [1.165, 1.54) is 12.1 Å². The molecule has 0 radical (unpaired) electrons. The van der Waals surface area contributed by atoms with E-state index in [2.05, 4.69) is 10.3 Å². The number of thioether (sulfide) groups is 1. The average molecular weight is 690 g/mol. The SMILES string of the molecule is CCOc1cc([C@@H]2c3sc(=O)[nH]c3S[C@H]3C(=O)N(c4ccc(Cl)cc4)C(=O)[C@@H]23)ccc1OCC(=O)Nc1cccc(C(F)(F)F)c1. The van der Waals surface area contributed by atoms with Crippen LogP contribution < -0.4 is 24.6 Å². The first kappa shape index (κ1) is 31.7. The number of H-pyrrole nitrogens is 1. The summed E-state index contributed by atoms with van der Waals surface area (Å²) < 4.78 is 50.6. The van der Waals surface area contributed by atoms with Crippen molar-refractivity contribution in [3.63, 3.8) is 0 Å². The molecule has 2 aliphatic heterocycles. The summed E-state index contributed by atoms with van der Waals surface area (Å²) >= 11 is 8.13. The zero-order chi connectivity index (χ0) is 32.7. The van der Waals surface area contributed by atoms with Crippen molar-refractivity contribution in [2.24, 2.45) is 5.92 Å². The molecule has 0 bridgehead atoms. The van der Waals surface area contributed by atoms with Crippen LogP contribution in [0.5, 0.6) is 11.5 Å². The molecule has 1 saturated heterocycles. The van der Waals surface area contributed by atoms with E-state index in [0.717, 1.165) is 40.1 Å². The zero-order valence-electron chi connectivity index (χ0n) is 23.7. The number of carbonyl (C=O) groups is 3. The van der Waals surface area contributed by atoms with Crippen molar-refractivity contribution < 1.29 is 37.0 Å². The maximum atomic E-state index is 13.9. The van der Waals surface area contributed by atoms with Gasteiger partial charge in [0.05, 0.1) is 28.8 Å². The van der Waals surface area contributed by atoms with Gasteiger partial charge in [0, 0.05) is 21.5 Å². The molecule has 15 heteroatoms. The number of thiazole rings is 1. The Morgan fingerprint density at radius 2 is 1.76 bits per heavy atom. The highest BCUT2D eigenvalue weighted by Gasteiger charge is 2.56. The van der Waals surface area contributed by atoms with Gasteiger partial charge in [0.1, 0.15) is 5.25 Å². The Balaban J connectivity index is 1.28. The minimum absolute atomic E-state index is 0.0433. The summed E-state index contributed by atoms with van der Waals surface area (Å²) in [6.45, 7) is 1.42. The molecular weight excluding hydrogens is 667 g/mol. The highest BCUT2D eigenvalue weighted by atomic mass is 35.5. The zero-order valence-corrected chi connectivity index (χ0v) is 26.1. The minimum Gasteiger partial charge on any atom is -0.490 e. The fourth-order valence-electron chi connectivity index (χ4n) is 5.44. The quantitative estimate of drug-likeness (QED) is 0.208. The Hall–Kier alpha value is -4.27. The van der Waals surface area contributed by atoms with Crippen molar-refractivity contribution in [1.82, 2.24) is 4.98 Å². The van der Waals surface area contributed by atoms with E-state index in [-0.39, 0.29) is 28.7 Å². The summed E-state index contributed by atoms with van der Waals surface area (Å²) in [5.74, 6) is -2.66. The van der Waals surface area contributed by atoms with Crippen molar-refractivity contribution >= 4 is 63.8 Å². The van der Waals surface area contributed by atoms with Crippen LogP contribution in [0.2, 0.25) is 5.02 Å². The molecular formula is C31H23ClF3N3O6S2. The molecule has 6 rings (SSSR count). The molecule has 2 N–H and O–H groups in total. The van der Waals surface area contributed by atoms with Crippen molar-refractivity contribution in [2.45, 2.75) is 29.3 Å². The molecule has 0 saturated carbocycles. The normalized spacial score (nSPS) is 19.1. The van der Waals surface area contributed by atoms with Gasteiger partial charge in [-0.15, -0.1) is 0 Å². The summed E-state index contributed by atoms with van der Waals surface area (Å²) in [4.78, 5) is 56.7. The highest BCUT2D eigenvalue weighted by molar-refractivity contribution is 8.00. The summed E-state index contributed by atoms with van der Waals surface area (Å²) in [6.07, 6.45) is -4.57. The van der Waals surface area contributed by atoms with Crippen LogP contribution in [0.4, 0.5) is 24.5 Å². The lowest BCUT2D eigenvalue weighted by Crippen LogP contribution is -2.32. The third kappa shape index (κ3) is 6.11. The molecule has 3 heterocycles. The van der Waals surface area contributed by atoms with Crippen molar-refractivity contribution in [3.05, 3.63) is 97.4 Å². The predicted molar refractivity (Wildman–Crippen MR) is 167 cm³/mol. The third-order valence-electron chi connectivity index (χ3n) is 7.37. The number of amides is 3. The Kier molecular flexibility index (Phi) is 8.61. The van der Waals surface area contributed by atoms with Crippen molar-refractivity contribution in [1.29, 1.82) is 0 Å². The van der Waals surface area contributed by atoms with E-state index in [1.54, 1.807) is 49.4 Å². The molecule has 2 aliphatic rings. The Bertz CT molecular complexity index is 1900. The summed E-state index contributed by atoms with van der Waals surface area (Å²) in [6, 6.07) is 15.4. The van der Waals surface area contributed by atoms with E-state index < -0.39 is 53.2 Å². The smallest absolute Gasteiger partial charge is 0.416 e. The van der Waals surface area contributed by atoms with E-state index in [0.29, 0.717) is 26.2 Å². The lowest BCUT2D eigenvalue weighted by atomic mass is 9.83. The van der Waals surface area contributed by atoms with E-state index in [9.17, 15) is 32.3 Å². The van der Waals surface area contributed by atoms with Gasteiger partial charge in [-0.3, -0.25) is 19.2 Å². The van der Waals surface area contributed by atoms with Crippen LogP contribution in [-0.4, -0.2) is 41.2 Å². The molecule has 0 aliphatic carbocycles. The number of rotatable bonds is 8. The van der Waals surface area contributed by atoms with Gasteiger partial charge in [-0.05, 0) is 67.1 Å². The van der Waals surface area contributed by atoms with Gasteiger partial charge in [0.2, 0.25) is 11.8 Å².